The summed E-state index contributed by atoms with van der Waals surface area (Å²) in [5.74, 6) is 0.101. The first-order valence-electron chi connectivity index (χ1n) is 8.07. The molecule has 0 unspecified atom stereocenters. The number of carbonyl (C=O) groups is 1. The van der Waals surface area contributed by atoms with Crippen molar-refractivity contribution in [1.29, 1.82) is 0 Å². The highest BCUT2D eigenvalue weighted by atomic mass is 16.5. The normalized spacial score (nSPS) is 11.1. The van der Waals surface area contributed by atoms with Crippen LogP contribution in [-0.4, -0.2) is 12.4 Å². The van der Waals surface area contributed by atoms with Crippen molar-refractivity contribution in [2.24, 2.45) is 0 Å². The molecule has 0 spiro atoms. The van der Waals surface area contributed by atoms with Crippen LogP contribution in [0.4, 0.5) is 0 Å². The molecule has 0 saturated heterocycles. The molecule has 0 saturated carbocycles. The molecule has 0 fully saturated rings. The number of fused-ring (bicyclic) bond motifs is 1. The molecule has 126 valence electrons. The summed E-state index contributed by atoms with van der Waals surface area (Å²) in [6.45, 7) is 4.31. The van der Waals surface area contributed by atoms with Gasteiger partial charge in [-0.25, -0.2) is 4.79 Å². The fourth-order valence-corrected chi connectivity index (χ4v) is 2.50. The first-order valence-corrected chi connectivity index (χ1v) is 8.07. The van der Waals surface area contributed by atoms with Crippen molar-refractivity contribution in [3.8, 4) is 5.75 Å². The zero-order valence-electron chi connectivity index (χ0n) is 14.1. The monoisotopic (exact) mass is 334 g/mol. The SMILES string of the molecule is CCOc1cccc2cc(C(=O)/C=C/c3ccc(C)cc3)c(=O)oc12. The van der Waals surface area contributed by atoms with Crippen molar-refractivity contribution >= 4 is 22.8 Å². The third-order valence-corrected chi connectivity index (χ3v) is 3.79. The van der Waals surface area contributed by atoms with Crippen molar-refractivity contribution in [2.75, 3.05) is 6.61 Å². The van der Waals surface area contributed by atoms with Gasteiger partial charge in [-0.3, -0.25) is 4.79 Å². The molecule has 3 rings (SSSR count). The lowest BCUT2D eigenvalue weighted by Crippen LogP contribution is -2.12. The predicted octanol–water partition coefficient (Wildman–Crippen LogP) is 4.40. The van der Waals surface area contributed by atoms with E-state index < -0.39 is 11.4 Å². The van der Waals surface area contributed by atoms with E-state index in [-0.39, 0.29) is 5.56 Å². The van der Waals surface area contributed by atoms with Gasteiger partial charge in [0.15, 0.2) is 17.1 Å². The van der Waals surface area contributed by atoms with Crippen LogP contribution in [0.2, 0.25) is 0 Å². The van der Waals surface area contributed by atoms with Gasteiger partial charge in [-0.1, -0.05) is 48.0 Å². The van der Waals surface area contributed by atoms with Crippen molar-refractivity contribution < 1.29 is 13.9 Å². The molecular formula is C21H18O4. The number of benzene rings is 2. The number of para-hydroxylation sites is 1. The molecule has 1 heterocycles. The van der Waals surface area contributed by atoms with Gasteiger partial charge in [-0.05, 0) is 37.6 Å². The summed E-state index contributed by atoms with van der Waals surface area (Å²) in [6.07, 6.45) is 3.07. The molecule has 1 aromatic heterocycles. The van der Waals surface area contributed by atoms with Crippen molar-refractivity contribution in [1.82, 2.24) is 0 Å². The van der Waals surface area contributed by atoms with Crippen molar-refractivity contribution in [3.05, 3.63) is 81.7 Å². The molecule has 0 aliphatic rings. The van der Waals surface area contributed by atoms with Gasteiger partial charge in [0.25, 0.3) is 0 Å². The quantitative estimate of drug-likeness (QED) is 0.394. The van der Waals surface area contributed by atoms with Gasteiger partial charge in [0, 0.05) is 5.39 Å². The molecular weight excluding hydrogens is 316 g/mol. The van der Waals surface area contributed by atoms with Crippen LogP contribution in [0.15, 0.2) is 63.8 Å². The van der Waals surface area contributed by atoms with Crippen LogP contribution < -0.4 is 10.4 Å². The Morgan fingerprint density at radius 3 is 2.64 bits per heavy atom. The summed E-state index contributed by atoms with van der Waals surface area (Å²) in [4.78, 5) is 24.6. The Labute approximate surface area is 145 Å². The molecule has 0 N–H and O–H groups in total. The van der Waals surface area contributed by atoms with Crippen LogP contribution in [-0.2, 0) is 0 Å². The fourth-order valence-electron chi connectivity index (χ4n) is 2.50. The lowest BCUT2D eigenvalue weighted by Gasteiger charge is -2.06. The zero-order valence-corrected chi connectivity index (χ0v) is 14.1. The van der Waals surface area contributed by atoms with Crippen LogP contribution in [0.3, 0.4) is 0 Å². The second-order valence-electron chi connectivity index (χ2n) is 5.66. The first kappa shape index (κ1) is 16.7. The molecule has 0 aliphatic heterocycles. The molecule has 0 radical (unpaired) electrons. The highest BCUT2D eigenvalue weighted by molar-refractivity contribution is 6.08. The van der Waals surface area contributed by atoms with E-state index >= 15 is 0 Å². The molecule has 0 aliphatic carbocycles. The number of carbonyl (C=O) groups excluding carboxylic acids is 1. The van der Waals surface area contributed by atoms with Crippen LogP contribution in [0.1, 0.15) is 28.4 Å². The van der Waals surface area contributed by atoms with Crippen LogP contribution in [0.25, 0.3) is 17.0 Å². The molecule has 4 heteroatoms. The molecule has 0 bridgehead atoms. The molecule has 3 aromatic rings. The van der Waals surface area contributed by atoms with Gasteiger partial charge in [-0.2, -0.15) is 0 Å². The van der Waals surface area contributed by atoms with E-state index in [0.29, 0.717) is 23.3 Å². The minimum atomic E-state index is -0.668. The van der Waals surface area contributed by atoms with E-state index in [1.54, 1.807) is 30.3 Å². The topological polar surface area (TPSA) is 56.5 Å². The summed E-state index contributed by atoms with van der Waals surface area (Å²) in [5.41, 5.74) is 1.72. The van der Waals surface area contributed by atoms with Crippen LogP contribution in [0.5, 0.6) is 5.75 Å². The van der Waals surface area contributed by atoms with Gasteiger partial charge >= 0.3 is 5.63 Å². The first-order chi connectivity index (χ1) is 12.1. The minimum absolute atomic E-state index is 0.00418. The summed E-state index contributed by atoms with van der Waals surface area (Å²) in [7, 11) is 0. The van der Waals surface area contributed by atoms with Gasteiger partial charge in [0.1, 0.15) is 5.56 Å². The van der Waals surface area contributed by atoms with Gasteiger partial charge in [0.05, 0.1) is 6.61 Å². The molecule has 2 aromatic carbocycles. The average molecular weight is 334 g/mol. The van der Waals surface area contributed by atoms with E-state index in [2.05, 4.69) is 0 Å². The zero-order chi connectivity index (χ0) is 17.8. The number of ether oxygens (including phenoxy) is 1. The van der Waals surface area contributed by atoms with E-state index in [4.69, 9.17) is 9.15 Å². The lowest BCUT2D eigenvalue weighted by molar-refractivity contribution is 0.104. The number of aryl methyl sites for hydroxylation is 1. The molecule has 0 amide bonds. The second-order valence-corrected chi connectivity index (χ2v) is 5.66. The molecule has 0 atom stereocenters. The number of rotatable bonds is 5. The Balaban J connectivity index is 1.95. The maximum Gasteiger partial charge on any atom is 0.347 e. The summed E-state index contributed by atoms with van der Waals surface area (Å²) in [5, 5.41) is 0.651. The average Bonchev–Trinajstić information content (AvgIpc) is 2.61. The highest BCUT2D eigenvalue weighted by Crippen LogP contribution is 2.25. The third-order valence-electron chi connectivity index (χ3n) is 3.79. The number of hydrogen-bond donors (Lipinski definition) is 0. The predicted molar refractivity (Wildman–Crippen MR) is 98.2 cm³/mol. The fraction of sp³-hybridized carbons (Fsp3) is 0.143. The van der Waals surface area contributed by atoms with Gasteiger partial charge in [-0.15, -0.1) is 0 Å². The maximum absolute atomic E-state index is 12.4. The molecule has 4 nitrogen and oxygen atoms in total. The van der Waals surface area contributed by atoms with Crippen LogP contribution >= 0.6 is 0 Å². The smallest absolute Gasteiger partial charge is 0.347 e. The second kappa shape index (κ2) is 7.18. The lowest BCUT2D eigenvalue weighted by atomic mass is 10.1. The number of allylic oxidation sites excluding steroid dienone is 1. The van der Waals surface area contributed by atoms with Gasteiger partial charge < -0.3 is 9.15 Å². The Morgan fingerprint density at radius 1 is 1.16 bits per heavy atom. The number of hydrogen-bond acceptors (Lipinski definition) is 4. The van der Waals surface area contributed by atoms with Crippen molar-refractivity contribution in [3.63, 3.8) is 0 Å². The summed E-state index contributed by atoms with van der Waals surface area (Å²) < 4.78 is 10.8. The third kappa shape index (κ3) is 3.69. The largest absolute Gasteiger partial charge is 0.490 e. The van der Waals surface area contributed by atoms with E-state index in [1.165, 1.54) is 6.08 Å². The van der Waals surface area contributed by atoms with Crippen molar-refractivity contribution in [2.45, 2.75) is 13.8 Å². The summed E-state index contributed by atoms with van der Waals surface area (Å²) >= 11 is 0. The molecule has 25 heavy (non-hydrogen) atoms. The minimum Gasteiger partial charge on any atom is -0.490 e. The Morgan fingerprint density at radius 2 is 1.92 bits per heavy atom. The highest BCUT2D eigenvalue weighted by Gasteiger charge is 2.13. The number of ketones is 1. The van der Waals surface area contributed by atoms with Crippen LogP contribution in [0, 0.1) is 6.92 Å². The van der Waals surface area contributed by atoms with E-state index in [9.17, 15) is 9.59 Å². The standard InChI is InChI=1S/C21H18O4/c1-3-24-19-6-4-5-16-13-17(21(23)25-20(16)19)18(22)12-11-15-9-7-14(2)8-10-15/h4-13H,3H2,1-2H3/b12-11+. The Bertz CT molecular complexity index is 995. The van der Waals surface area contributed by atoms with E-state index in [1.807, 2.05) is 38.1 Å². The Kier molecular flexibility index (Phi) is 4.80. The summed E-state index contributed by atoms with van der Waals surface area (Å²) in [6, 6.07) is 14.6. The van der Waals surface area contributed by atoms with Gasteiger partial charge in [0.2, 0.25) is 0 Å². The van der Waals surface area contributed by atoms with E-state index in [0.717, 1.165) is 11.1 Å². The Hall–Kier alpha value is -3.14. The maximum atomic E-state index is 12.4.